The second kappa shape index (κ2) is 5.32. The Morgan fingerprint density at radius 2 is 2.00 bits per heavy atom. The van der Waals surface area contributed by atoms with Gasteiger partial charge in [-0.25, -0.2) is 0 Å². The summed E-state index contributed by atoms with van der Waals surface area (Å²) in [4.78, 5) is 0. The number of nitrogens with one attached hydrogen (secondary N) is 1. The molecule has 1 aliphatic carbocycles. The molecule has 2 nitrogen and oxygen atoms in total. The van der Waals surface area contributed by atoms with Gasteiger partial charge in [0.15, 0.2) is 0 Å². The summed E-state index contributed by atoms with van der Waals surface area (Å²) in [7, 11) is 2.62. The highest BCUT2D eigenvalue weighted by molar-refractivity contribution is 7.27. The first-order valence-corrected chi connectivity index (χ1v) is 6.43. The number of nitriles is 1. The molecule has 1 fully saturated rings. The molecule has 1 aromatic carbocycles. The summed E-state index contributed by atoms with van der Waals surface area (Å²) >= 11 is 0. The molecule has 0 heterocycles. The van der Waals surface area contributed by atoms with Crippen molar-refractivity contribution in [3.05, 3.63) is 23.8 Å². The Kier molecular flexibility index (Phi) is 3.80. The summed E-state index contributed by atoms with van der Waals surface area (Å²) in [5, 5.41) is 13.4. The molecule has 1 aromatic rings. The largest absolute Gasteiger partial charge is 0.382 e. The highest BCUT2D eigenvalue weighted by Crippen LogP contribution is 2.21. The van der Waals surface area contributed by atoms with Gasteiger partial charge < -0.3 is 5.32 Å². The van der Waals surface area contributed by atoms with Crippen molar-refractivity contribution >= 4 is 20.2 Å². The zero-order valence-corrected chi connectivity index (χ0v) is 10.5. The predicted molar refractivity (Wildman–Crippen MR) is 71.0 cm³/mol. The van der Waals surface area contributed by atoms with E-state index in [1.807, 2.05) is 18.2 Å². The summed E-state index contributed by atoms with van der Waals surface area (Å²) < 4.78 is 0. The van der Waals surface area contributed by atoms with Gasteiger partial charge in [-0.05, 0) is 36.3 Å². The van der Waals surface area contributed by atoms with Gasteiger partial charge in [0.05, 0.1) is 11.6 Å². The van der Waals surface area contributed by atoms with Crippen molar-refractivity contribution in [2.45, 2.75) is 38.1 Å². The number of nitrogens with zero attached hydrogens (tertiary/aromatic N) is 1. The maximum Gasteiger partial charge on any atom is 0.0998 e. The van der Waals surface area contributed by atoms with Gasteiger partial charge in [0.2, 0.25) is 0 Å². The van der Waals surface area contributed by atoms with Crippen LogP contribution in [0.2, 0.25) is 0 Å². The molecule has 0 aliphatic heterocycles. The number of rotatable bonds is 2. The van der Waals surface area contributed by atoms with Gasteiger partial charge in [-0.3, -0.25) is 0 Å². The number of hydrogen-bond donors (Lipinski definition) is 1. The molecule has 0 aromatic heterocycles. The van der Waals surface area contributed by atoms with Crippen LogP contribution in [0, 0.1) is 11.3 Å². The average Bonchev–Trinajstić information content (AvgIpc) is 2.31. The van der Waals surface area contributed by atoms with Crippen LogP contribution < -0.4 is 10.6 Å². The molecule has 1 N–H and O–H groups in total. The fourth-order valence-electron chi connectivity index (χ4n) is 2.24. The molecule has 1 aliphatic rings. The Bertz CT molecular complexity index is 403. The van der Waals surface area contributed by atoms with Crippen LogP contribution in [0.25, 0.3) is 0 Å². The van der Waals surface area contributed by atoms with Crippen LogP contribution in [0.5, 0.6) is 0 Å². The summed E-state index contributed by atoms with van der Waals surface area (Å²) in [6.45, 7) is 0. The van der Waals surface area contributed by atoms with Crippen LogP contribution in [0.1, 0.15) is 37.7 Å². The molecule has 0 radical (unpaired) electrons. The van der Waals surface area contributed by atoms with E-state index in [4.69, 9.17) is 5.26 Å². The summed E-state index contributed by atoms with van der Waals surface area (Å²) in [5.74, 6) is 0. The van der Waals surface area contributed by atoms with Crippen molar-refractivity contribution in [3.63, 3.8) is 0 Å². The lowest BCUT2D eigenvalue weighted by molar-refractivity contribution is 0.463. The van der Waals surface area contributed by atoms with Gasteiger partial charge in [0.25, 0.3) is 0 Å². The Morgan fingerprint density at radius 1 is 1.25 bits per heavy atom. The maximum absolute atomic E-state index is 8.85. The van der Waals surface area contributed by atoms with Crippen LogP contribution in [-0.2, 0) is 0 Å². The average molecular weight is 232 g/mol. The van der Waals surface area contributed by atoms with Crippen molar-refractivity contribution in [2.24, 2.45) is 0 Å². The fourth-order valence-corrected chi connectivity index (χ4v) is 2.58. The zero-order valence-electron chi connectivity index (χ0n) is 9.37. The Labute approximate surface area is 99.3 Å². The first-order valence-electron chi connectivity index (χ1n) is 5.86. The molecule has 0 saturated heterocycles. The van der Waals surface area contributed by atoms with Crippen molar-refractivity contribution in [1.82, 2.24) is 0 Å². The van der Waals surface area contributed by atoms with Crippen LogP contribution in [0.15, 0.2) is 18.2 Å². The lowest BCUT2D eigenvalue weighted by Crippen LogP contribution is -2.22. The molecule has 2 rings (SSSR count). The molecule has 1 atom stereocenters. The van der Waals surface area contributed by atoms with Gasteiger partial charge in [0.1, 0.15) is 0 Å². The monoisotopic (exact) mass is 232 g/mol. The third-order valence-corrected chi connectivity index (χ3v) is 3.63. The molecule has 1 unspecified atom stereocenters. The van der Waals surface area contributed by atoms with Crippen LogP contribution in [0.4, 0.5) is 5.69 Å². The summed E-state index contributed by atoms with van der Waals surface area (Å²) in [6.07, 6.45) is 6.59. The predicted octanol–water partition coefficient (Wildman–Crippen LogP) is 2.80. The second-order valence-corrected chi connectivity index (χ2v) is 5.02. The minimum atomic E-state index is 0.617. The minimum Gasteiger partial charge on any atom is -0.382 e. The minimum absolute atomic E-state index is 0.617. The highest BCUT2D eigenvalue weighted by atomic mass is 31.0. The quantitative estimate of drug-likeness (QED) is 0.796. The fraction of sp³-hybridized carbons (Fsp3) is 0.462. The van der Waals surface area contributed by atoms with E-state index in [1.165, 1.54) is 32.1 Å². The molecule has 16 heavy (non-hydrogen) atoms. The molecular weight excluding hydrogens is 215 g/mol. The van der Waals surface area contributed by atoms with Crippen LogP contribution >= 0.6 is 9.24 Å². The normalized spacial score (nSPS) is 16.8. The van der Waals surface area contributed by atoms with Crippen LogP contribution in [0.3, 0.4) is 0 Å². The Hall–Kier alpha value is -1.06. The highest BCUT2D eigenvalue weighted by Gasteiger charge is 2.12. The first kappa shape index (κ1) is 11.4. The van der Waals surface area contributed by atoms with Crippen molar-refractivity contribution < 1.29 is 0 Å². The van der Waals surface area contributed by atoms with Crippen LogP contribution in [-0.4, -0.2) is 6.04 Å². The van der Waals surface area contributed by atoms with Crippen molar-refractivity contribution in [3.8, 4) is 6.07 Å². The summed E-state index contributed by atoms with van der Waals surface area (Å²) in [5.41, 5.74) is 1.87. The molecule has 3 heteroatoms. The summed E-state index contributed by atoms with van der Waals surface area (Å²) in [6, 6.07) is 8.72. The van der Waals surface area contributed by atoms with Gasteiger partial charge in [-0.1, -0.05) is 19.3 Å². The van der Waals surface area contributed by atoms with E-state index >= 15 is 0 Å². The second-order valence-electron chi connectivity index (χ2n) is 4.39. The smallest absolute Gasteiger partial charge is 0.0998 e. The number of hydrogen-bond acceptors (Lipinski definition) is 2. The molecule has 0 amide bonds. The lowest BCUT2D eigenvalue weighted by atomic mass is 9.95. The molecular formula is C13H17N2P. The molecule has 0 bridgehead atoms. The van der Waals surface area contributed by atoms with E-state index in [1.54, 1.807) is 0 Å². The van der Waals surface area contributed by atoms with E-state index < -0.39 is 0 Å². The van der Waals surface area contributed by atoms with Gasteiger partial charge in [-0.2, -0.15) is 5.26 Å². The number of benzene rings is 1. The third-order valence-electron chi connectivity index (χ3n) is 3.15. The van der Waals surface area contributed by atoms with Crippen molar-refractivity contribution in [2.75, 3.05) is 5.32 Å². The van der Waals surface area contributed by atoms with Gasteiger partial charge in [-0.15, -0.1) is 9.24 Å². The SMILES string of the molecule is N#Cc1ccc(NC2CCCCC2)cc1P. The van der Waals surface area contributed by atoms with Gasteiger partial charge in [0, 0.05) is 11.7 Å². The van der Waals surface area contributed by atoms with E-state index in [2.05, 4.69) is 20.6 Å². The maximum atomic E-state index is 8.85. The first-order chi connectivity index (χ1) is 7.79. The zero-order chi connectivity index (χ0) is 11.4. The topological polar surface area (TPSA) is 35.8 Å². The Morgan fingerprint density at radius 3 is 2.62 bits per heavy atom. The molecule has 1 saturated carbocycles. The van der Waals surface area contributed by atoms with E-state index in [9.17, 15) is 0 Å². The van der Waals surface area contributed by atoms with Gasteiger partial charge >= 0.3 is 0 Å². The molecule has 84 valence electrons. The standard InChI is InChI=1S/C13H17N2P/c14-9-10-6-7-12(8-13(10)16)15-11-4-2-1-3-5-11/h6-8,11,15H,1-5,16H2. The van der Waals surface area contributed by atoms with E-state index in [-0.39, 0.29) is 0 Å². The molecule has 0 spiro atoms. The Balaban J connectivity index is 2.04. The lowest BCUT2D eigenvalue weighted by Gasteiger charge is -2.24. The van der Waals surface area contributed by atoms with E-state index in [0.29, 0.717) is 6.04 Å². The van der Waals surface area contributed by atoms with Crippen molar-refractivity contribution in [1.29, 1.82) is 5.26 Å². The third kappa shape index (κ3) is 2.74. The number of anilines is 1. The van der Waals surface area contributed by atoms with E-state index in [0.717, 1.165) is 16.6 Å².